The van der Waals surface area contributed by atoms with Gasteiger partial charge in [0.2, 0.25) is 0 Å². The predicted octanol–water partition coefficient (Wildman–Crippen LogP) is 5.46. The van der Waals surface area contributed by atoms with Gasteiger partial charge in [0.1, 0.15) is 4.70 Å². The Morgan fingerprint density at radius 1 is 1.32 bits per heavy atom. The minimum atomic E-state index is -0.616. The van der Waals surface area contributed by atoms with Gasteiger partial charge in [0, 0.05) is 17.0 Å². The van der Waals surface area contributed by atoms with Crippen molar-refractivity contribution < 1.29 is 9.13 Å². The van der Waals surface area contributed by atoms with Crippen LogP contribution in [0.3, 0.4) is 0 Å². The minimum Gasteiger partial charge on any atom is -0.494 e. The standard InChI is InChI=1S/C24H22ClFN4O3S/c1-13(2)14(3)19(12-28-4)30-23(31)22-18(29(24(30)32)8-6-7-27)11-21(34-22)15-9-20(33-5)17(26)10-16(15)25/h9-12H,4,6,8H2,1-3,5H3/b19-12+. The predicted molar refractivity (Wildman–Crippen MR) is 135 cm³/mol. The molecule has 3 rings (SSSR count). The van der Waals surface area contributed by atoms with Crippen molar-refractivity contribution in [1.82, 2.24) is 9.13 Å². The number of fused-ring (bicyclic) bond motifs is 1. The van der Waals surface area contributed by atoms with Crippen molar-refractivity contribution in [3.63, 3.8) is 0 Å². The Morgan fingerprint density at radius 3 is 2.62 bits per heavy atom. The van der Waals surface area contributed by atoms with Crippen molar-refractivity contribution >= 4 is 45.6 Å². The maximum Gasteiger partial charge on any atom is 0.336 e. The SMILES string of the molecule is C=N/C=C(\C(C)=C(C)C)n1c(=O)c2sc(-c3cc(OC)c(F)cc3Cl)cc2n(CCC#N)c1=O. The van der Waals surface area contributed by atoms with Gasteiger partial charge in [0.15, 0.2) is 11.6 Å². The van der Waals surface area contributed by atoms with E-state index in [0.717, 1.165) is 27.5 Å². The van der Waals surface area contributed by atoms with E-state index in [2.05, 4.69) is 11.7 Å². The first-order chi connectivity index (χ1) is 16.2. The highest BCUT2D eigenvalue weighted by Crippen LogP contribution is 2.39. The number of aliphatic imine (C=N–C) groups is 1. The smallest absolute Gasteiger partial charge is 0.336 e. The van der Waals surface area contributed by atoms with Crippen molar-refractivity contribution in [1.29, 1.82) is 5.26 Å². The van der Waals surface area contributed by atoms with Crippen LogP contribution in [0.1, 0.15) is 27.2 Å². The summed E-state index contributed by atoms with van der Waals surface area (Å²) in [5.74, 6) is -0.618. The Balaban J connectivity index is 2.44. The van der Waals surface area contributed by atoms with Crippen molar-refractivity contribution in [2.45, 2.75) is 33.7 Å². The van der Waals surface area contributed by atoms with Crippen molar-refractivity contribution in [2.75, 3.05) is 7.11 Å². The van der Waals surface area contributed by atoms with Gasteiger partial charge in [0.25, 0.3) is 5.56 Å². The fourth-order valence-electron chi connectivity index (χ4n) is 3.41. The molecule has 0 unspecified atom stereocenters. The summed E-state index contributed by atoms with van der Waals surface area (Å²) in [6.45, 7) is 9.04. The molecule has 0 bridgehead atoms. The van der Waals surface area contributed by atoms with E-state index in [4.69, 9.17) is 21.6 Å². The summed E-state index contributed by atoms with van der Waals surface area (Å²) in [6, 6.07) is 6.25. The van der Waals surface area contributed by atoms with Gasteiger partial charge in [-0.25, -0.2) is 13.8 Å². The average molecular weight is 501 g/mol. The number of aromatic nitrogens is 2. The molecule has 0 aliphatic carbocycles. The van der Waals surface area contributed by atoms with E-state index in [1.807, 2.05) is 19.9 Å². The number of methoxy groups -OCH3 is 1. The fraction of sp³-hybridized carbons (Fsp3) is 0.250. The van der Waals surface area contributed by atoms with Crippen LogP contribution in [-0.4, -0.2) is 23.0 Å². The zero-order valence-electron chi connectivity index (χ0n) is 19.1. The first-order valence-electron chi connectivity index (χ1n) is 10.2. The number of ether oxygens (including phenoxy) is 1. The Hall–Kier alpha value is -3.48. The molecule has 2 aromatic heterocycles. The molecule has 0 N–H and O–H groups in total. The molecule has 0 aliphatic rings. The molecule has 0 fully saturated rings. The van der Waals surface area contributed by atoms with E-state index in [-0.39, 0.29) is 28.4 Å². The van der Waals surface area contributed by atoms with E-state index in [1.54, 1.807) is 13.0 Å². The number of nitriles is 1. The number of aryl methyl sites for hydroxylation is 1. The van der Waals surface area contributed by atoms with Crippen LogP contribution < -0.4 is 16.0 Å². The minimum absolute atomic E-state index is 0.00222. The second kappa shape index (κ2) is 10.2. The van der Waals surface area contributed by atoms with Crippen LogP contribution in [0.2, 0.25) is 5.02 Å². The molecule has 0 spiro atoms. The van der Waals surface area contributed by atoms with Gasteiger partial charge in [-0.05, 0) is 51.3 Å². The number of hydrogen-bond acceptors (Lipinski definition) is 6. The Morgan fingerprint density at radius 2 is 2.03 bits per heavy atom. The number of halogens is 2. The molecule has 1 aromatic carbocycles. The first-order valence-corrected chi connectivity index (χ1v) is 11.4. The molecular formula is C24H22ClFN4O3S. The number of nitrogens with zero attached hydrogens (tertiary/aromatic N) is 4. The number of benzene rings is 1. The maximum absolute atomic E-state index is 14.1. The summed E-state index contributed by atoms with van der Waals surface area (Å²) < 4.78 is 21.8. The number of hydrogen-bond donors (Lipinski definition) is 0. The van der Waals surface area contributed by atoms with Crippen molar-refractivity contribution in [3.05, 3.63) is 67.2 Å². The van der Waals surface area contributed by atoms with Crippen molar-refractivity contribution in [3.8, 4) is 22.3 Å². The highest BCUT2D eigenvalue weighted by molar-refractivity contribution is 7.22. The monoisotopic (exact) mass is 500 g/mol. The Kier molecular flexibility index (Phi) is 7.54. The molecule has 0 amide bonds. The molecule has 0 aliphatic heterocycles. The topological polar surface area (TPSA) is 89.4 Å². The average Bonchev–Trinajstić information content (AvgIpc) is 3.23. The Bertz CT molecular complexity index is 1520. The second-order valence-electron chi connectivity index (χ2n) is 7.60. The van der Waals surface area contributed by atoms with Gasteiger partial charge in [0.05, 0.1) is 42.0 Å². The first kappa shape index (κ1) is 25.1. The molecule has 7 nitrogen and oxygen atoms in total. The van der Waals surface area contributed by atoms with Gasteiger partial charge >= 0.3 is 5.69 Å². The zero-order chi connectivity index (χ0) is 25.2. The van der Waals surface area contributed by atoms with Crippen LogP contribution in [-0.2, 0) is 6.54 Å². The van der Waals surface area contributed by atoms with Gasteiger partial charge in [-0.15, -0.1) is 11.3 Å². The van der Waals surface area contributed by atoms with Crippen LogP contribution >= 0.6 is 22.9 Å². The van der Waals surface area contributed by atoms with Crippen LogP contribution in [0.15, 0.2) is 50.1 Å². The summed E-state index contributed by atoms with van der Waals surface area (Å²) in [5.41, 5.74) is 1.56. The van der Waals surface area contributed by atoms with Crippen LogP contribution in [0.4, 0.5) is 4.39 Å². The summed E-state index contributed by atoms with van der Waals surface area (Å²) >= 11 is 7.41. The van der Waals surface area contributed by atoms with Gasteiger partial charge in [-0.2, -0.15) is 5.26 Å². The van der Waals surface area contributed by atoms with E-state index >= 15 is 0 Å². The summed E-state index contributed by atoms with van der Waals surface area (Å²) in [7, 11) is 1.34. The fourth-order valence-corrected chi connectivity index (χ4v) is 4.84. The third-order valence-corrected chi connectivity index (χ3v) is 6.82. The molecular weight excluding hydrogens is 479 g/mol. The lowest BCUT2D eigenvalue weighted by molar-refractivity contribution is 0.387. The normalized spacial score (nSPS) is 11.4. The third kappa shape index (κ3) is 4.47. The highest BCUT2D eigenvalue weighted by Gasteiger charge is 2.21. The van der Waals surface area contributed by atoms with Crippen molar-refractivity contribution in [2.24, 2.45) is 4.99 Å². The number of thiophene rings is 1. The highest BCUT2D eigenvalue weighted by atomic mass is 35.5. The summed E-state index contributed by atoms with van der Waals surface area (Å²) in [4.78, 5) is 31.4. The lowest BCUT2D eigenvalue weighted by Gasteiger charge is -2.15. The van der Waals surface area contributed by atoms with E-state index in [0.29, 0.717) is 27.2 Å². The molecule has 0 saturated carbocycles. The molecule has 0 radical (unpaired) electrons. The number of allylic oxidation sites excluding steroid dienone is 3. The van der Waals surface area contributed by atoms with E-state index in [9.17, 15) is 14.0 Å². The summed E-state index contributed by atoms with van der Waals surface area (Å²) in [5, 5.41) is 9.26. The van der Waals surface area contributed by atoms with Gasteiger partial charge in [-0.3, -0.25) is 14.4 Å². The molecule has 2 heterocycles. The van der Waals surface area contributed by atoms with E-state index in [1.165, 1.54) is 23.9 Å². The van der Waals surface area contributed by atoms with Crippen LogP contribution in [0, 0.1) is 17.1 Å². The molecule has 0 saturated heterocycles. The Labute approximate surface area is 204 Å². The molecule has 176 valence electrons. The lowest BCUT2D eigenvalue weighted by Crippen LogP contribution is -2.39. The molecule has 3 aromatic rings. The zero-order valence-corrected chi connectivity index (χ0v) is 20.7. The van der Waals surface area contributed by atoms with Crippen LogP contribution in [0.25, 0.3) is 26.4 Å². The van der Waals surface area contributed by atoms with Crippen LogP contribution in [0.5, 0.6) is 5.75 Å². The molecule has 34 heavy (non-hydrogen) atoms. The van der Waals surface area contributed by atoms with Gasteiger partial charge < -0.3 is 4.74 Å². The largest absolute Gasteiger partial charge is 0.494 e. The third-order valence-electron chi connectivity index (χ3n) is 5.37. The molecule has 10 heteroatoms. The summed E-state index contributed by atoms with van der Waals surface area (Å²) in [6.07, 6.45) is 1.42. The maximum atomic E-state index is 14.1. The van der Waals surface area contributed by atoms with Gasteiger partial charge in [-0.1, -0.05) is 17.2 Å². The quantitative estimate of drug-likeness (QED) is 0.318. The number of rotatable bonds is 7. The second-order valence-corrected chi connectivity index (χ2v) is 9.06. The molecule has 0 atom stereocenters. The van der Waals surface area contributed by atoms with E-state index < -0.39 is 17.1 Å². The lowest BCUT2D eigenvalue weighted by atomic mass is 10.1.